The number of aromatic nitrogens is 2. The molecule has 2 N–H and O–H groups in total. The monoisotopic (exact) mass is 371 g/mol. The molecule has 0 spiro atoms. The molecule has 0 radical (unpaired) electrons. The fraction of sp³-hybridized carbons (Fsp3) is 0.389. The van der Waals surface area contributed by atoms with Crippen LogP contribution in [0.3, 0.4) is 0 Å². The van der Waals surface area contributed by atoms with Gasteiger partial charge < -0.3 is 10.6 Å². The van der Waals surface area contributed by atoms with Crippen molar-refractivity contribution < 1.29 is 9.72 Å². The van der Waals surface area contributed by atoms with E-state index in [0.717, 1.165) is 6.42 Å². The minimum Gasteiger partial charge on any atom is -0.334 e. The molecule has 142 valence electrons. The molecule has 1 saturated heterocycles. The highest BCUT2D eigenvalue weighted by molar-refractivity contribution is 5.92. The lowest BCUT2D eigenvalue weighted by atomic mass is 10.1. The third-order valence-corrected chi connectivity index (χ3v) is 4.87. The molecule has 1 aromatic heterocycles. The molecule has 2 aromatic rings. The van der Waals surface area contributed by atoms with Gasteiger partial charge in [-0.1, -0.05) is 12.1 Å². The van der Waals surface area contributed by atoms with E-state index in [1.807, 2.05) is 6.92 Å². The summed E-state index contributed by atoms with van der Waals surface area (Å²) in [6.45, 7) is 4.46. The molecular formula is C18H21N5O4. The number of rotatable bonds is 4. The van der Waals surface area contributed by atoms with Crippen molar-refractivity contribution in [2.24, 2.45) is 11.7 Å². The van der Waals surface area contributed by atoms with Crippen LogP contribution in [0.1, 0.15) is 29.5 Å². The highest BCUT2D eigenvalue weighted by Crippen LogP contribution is 2.25. The number of nitrogens with two attached hydrogens (primary N) is 1. The summed E-state index contributed by atoms with van der Waals surface area (Å²) in [5.74, 6) is -0.289. The van der Waals surface area contributed by atoms with Gasteiger partial charge in [-0.25, -0.2) is 4.68 Å². The molecular weight excluding hydrogens is 350 g/mol. The van der Waals surface area contributed by atoms with Crippen LogP contribution in [0, 0.1) is 23.0 Å². The molecule has 3 rings (SSSR count). The van der Waals surface area contributed by atoms with Gasteiger partial charge in [-0.3, -0.25) is 19.7 Å². The number of benzene rings is 1. The normalized spacial score (nSPS) is 19.3. The van der Waals surface area contributed by atoms with Crippen LogP contribution in [0.25, 0.3) is 5.69 Å². The van der Waals surface area contributed by atoms with Crippen LogP contribution < -0.4 is 11.2 Å². The molecule has 1 aliphatic rings. The molecule has 0 bridgehead atoms. The van der Waals surface area contributed by atoms with Crippen LogP contribution in [0.4, 0.5) is 5.69 Å². The zero-order valence-corrected chi connectivity index (χ0v) is 15.2. The van der Waals surface area contributed by atoms with Crippen molar-refractivity contribution in [1.29, 1.82) is 0 Å². The van der Waals surface area contributed by atoms with E-state index in [-0.39, 0.29) is 29.0 Å². The van der Waals surface area contributed by atoms with E-state index in [9.17, 15) is 19.7 Å². The number of likely N-dealkylation sites (tertiary alicyclic amines) is 1. The van der Waals surface area contributed by atoms with E-state index in [1.165, 1.54) is 22.9 Å². The smallest absolute Gasteiger partial charge is 0.294 e. The molecule has 1 fully saturated rings. The molecule has 0 saturated carbocycles. The first-order valence-electron chi connectivity index (χ1n) is 8.69. The number of carbonyl (C=O) groups is 1. The summed E-state index contributed by atoms with van der Waals surface area (Å²) >= 11 is 0. The summed E-state index contributed by atoms with van der Waals surface area (Å²) in [6.07, 6.45) is 0.770. The Balaban J connectivity index is 2.07. The predicted octanol–water partition coefficient (Wildman–Crippen LogP) is 1.26. The number of hydrogen-bond acceptors (Lipinski definition) is 6. The van der Waals surface area contributed by atoms with Gasteiger partial charge in [-0.15, -0.1) is 0 Å². The standard InChI is InChI=1S/C18H21N5O4/c1-11-7-13(9-19)10-21(11)18(25)17-16(24)8-12(2)22(20-17)14-5-3-4-6-15(14)23(26)27/h3-6,8,11,13H,7,9-10,19H2,1-2H3. The Bertz CT molecular complexity index is 955. The summed E-state index contributed by atoms with van der Waals surface area (Å²) in [7, 11) is 0. The zero-order valence-electron chi connectivity index (χ0n) is 15.2. The van der Waals surface area contributed by atoms with Gasteiger partial charge in [0.2, 0.25) is 5.43 Å². The third-order valence-electron chi connectivity index (χ3n) is 4.87. The Morgan fingerprint density at radius 2 is 2.11 bits per heavy atom. The molecule has 1 aliphatic heterocycles. The van der Waals surface area contributed by atoms with Gasteiger partial charge in [0.25, 0.3) is 11.6 Å². The van der Waals surface area contributed by atoms with Gasteiger partial charge >= 0.3 is 0 Å². The first-order chi connectivity index (χ1) is 12.8. The SMILES string of the molecule is Cc1cc(=O)c(C(=O)N2CC(CN)CC2C)nn1-c1ccccc1[N+](=O)[O-]. The molecule has 2 unspecified atom stereocenters. The second-order valence-electron chi connectivity index (χ2n) is 6.80. The molecule has 2 heterocycles. The average Bonchev–Trinajstić information content (AvgIpc) is 3.02. The van der Waals surface area contributed by atoms with Gasteiger partial charge in [0.15, 0.2) is 5.69 Å². The molecule has 9 nitrogen and oxygen atoms in total. The van der Waals surface area contributed by atoms with Crippen LogP contribution in [0.2, 0.25) is 0 Å². The zero-order chi connectivity index (χ0) is 19.7. The van der Waals surface area contributed by atoms with Crippen molar-refractivity contribution in [1.82, 2.24) is 14.7 Å². The third kappa shape index (κ3) is 3.45. The first kappa shape index (κ1) is 18.7. The van der Waals surface area contributed by atoms with Crippen molar-refractivity contribution in [3.05, 3.63) is 62.1 Å². The molecule has 1 amide bonds. The van der Waals surface area contributed by atoms with E-state index >= 15 is 0 Å². The number of carbonyl (C=O) groups excluding carboxylic acids is 1. The number of nitro groups is 1. The maximum absolute atomic E-state index is 12.9. The molecule has 9 heteroatoms. The highest BCUT2D eigenvalue weighted by atomic mass is 16.6. The second-order valence-corrected chi connectivity index (χ2v) is 6.80. The van der Waals surface area contributed by atoms with Gasteiger partial charge in [0.1, 0.15) is 5.69 Å². The maximum Gasteiger partial charge on any atom is 0.294 e. The van der Waals surface area contributed by atoms with Gasteiger partial charge in [0, 0.05) is 30.4 Å². The Labute approximate surface area is 155 Å². The van der Waals surface area contributed by atoms with E-state index in [2.05, 4.69) is 5.10 Å². The largest absolute Gasteiger partial charge is 0.334 e. The summed E-state index contributed by atoms with van der Waals surface area (Å²) < 4.78 is 1.27. The van der Waals surface area contributed by atoms with Crippen LogP contribution in [0.5, 0.6) is 0 Å². The Hall–Kier alpha value is -3.07. The molecule has 0 aliphatic carbocycles. The van der Waals surface area contributed by atoms with Gasteiger partial charge in [-0.05, 0) is 38.8 Å². The lowest BCUT2D eigenvalue weighted by Crippen LogP contribution is -2.38. The summed E-state index contributed by atoms with van der Waals surface area (Å²) in [5.41, 5.74) is 5.40. The number of amides is 1. The number of hydrogen-bond donors (Lipinski definition) is 1. The van der Waals surface area contributed by atoms with Crippen molar-refractivity contribution in [2.45, 2.75) is 26.3 Å². The Morgan fingerprint density at radius 1 is 1.41 bits per heavy atom. The summed E-state index contributed by atoms with van der Waals surface area (Å²) in [5, 5.41) is 15.5. The Kier molecular flexibility index (Phi) is 5.04. The van der Waals surface area contributed by atoms with E-state index in [0.29, 0.717) is 18.8 Å². The van der Waals surface area contributed by atoms with Crippen LogP contribution in [0.15, 0.2) is 35.1 Å². The highest BCUT2D eigenvalue weighted by Gasteiger charge is 2.34. The van der Waals surface area contributed by atoms with Crippen LogP contribution in [-0.4, -0.2) is 44.6 Å². The van der Waals surface area contributed by atoms with Crippen molar-refractivity contribution in [3.63, 3.8) is 0 Å². The molecule has 27 heavy (non-hydrogen) atoms. The van der Waals surface area contributed by atoms with Gasteiger partial charge in [-0.2, -0.15) is 5.10 Å². The second kappa shape index (κ2) is 7.28. The van der Waals surface area contributed by atoms with Crippen LogP contribution in [-0.2, 0) is 0 Å². The maximum atomic E-state index is 12.9. The quantitative estimate of drug-likeness (QED) is 0.637. The van der Waals surface area contributed by atoms with Crippen molar-refractivity contribution >= 4 is 11.6 Å². The van der Waals surface area contributed by atoms with Crippen molar-refractivity contribution in [3.8, 4) is 5.69 Å². The predicted molar refractivity (Wildman–Crippen MR) is 98.9 cm³/mol. The van der Waals surface area contributed by atoms with Crippen molar-refractivity contribution in [2.75, 3.05) is 13.1 Å². The number of aryl methyl sites for hydroxylation is 1. The fourth-order valence-electron chi connectivity index (χ4n) is 3.47. The van der Waals surface area contributed by atoms with E-state index < -0.39 is 16.3 Å². The average molecular weight is 371 g/mol. The summed E-state index contributed by atoms with van der Waals surface area (Å²) in [6, 6.07) is 7.29. The van der Waals surface area contributed by atoms with E-state index in [1.54, 1.807) is 24.0 Å². The van der Waals surface area contributed by atoms with E-state index in [4.69, 9.17) is 5.73 Å². The number of nitrogens with zero attached hydrogens (tertiary/aromatic N) is 4. The van der Waals surface area contributed by atoms with Crippen LogP contribution >= 0.6 is 0 Å². The molecule has 2 atom stereocenters. The number of nitro benzene ring substituents is 1. The fourth-order valence-corrected chi connectivity index (χ4v) is 3.47. The number of para-hydroxylation sites is 2. The lowest BCUT2D eigenvalue weighted by Gasteiger charge is -2.21. The minimum absolute atomic E-state index is 0.0481. The minimum atomic E-state index is -0.523. The Morgan fingerprint density at radius 3 is 2.74 bits per heavy atom. The lowest BCUT2D eigenvalue weighted by molar-refractivity contribution is -0.384. The molecule has 1 aromatic carbocycles. The first-order valence-corrected chi connectivity index (χ1v) is 8.69. The topological polar surface area (TPSA) is 124 Å². The van der Waals surface area contributed by atoms with Gasteiger partial charge in [0.05, 0.1) is 4.92 Å². The summed E-state index contributed by atoms with van der Waals surface area (Å²) in [4.78, 5) is 37.7.